The monoisotopic (exact) mass is 506 g/mol. The van der Waals surface area contributed by atoms with E-state index in [2.05, 4.69) is 33.6 Å². The third-order valence-corrected chi connectivity index (χ3v) is 5.14. The van der Waals surface area contributed by atoms with E-state index in [1.54, 1.807) is 0 Å². The van der Waals surface area contributed by atoms with Crippen LogP contribution in [0.3, 0.4) is 0 Å². The van der Waals surface area contributed by atoms with Crippen LogP contribution in [0.1, 0.15) is 39.0 Å². The minimum atomic E-state index is -1.26. The Kier molecular flexibility index (Phi) is 15.6. The Balaban J connectivity index is 5.19. The number of nitrogens with two attached hydrogens (primary N) is 4. The lowest BCUT2D eigenvalue weighted by atomic mass is 10.1. The number of carbonyl (C=O) groups excluding carboxylic acids is 3. The number of thiol groups is 1. The molecule has 0 rings (SSSR count). The molecule has 0 aromatic carbocycles. The van der Waals surface area contributed by atoms with E-state index in [1.165, 1.54) is 6.92 Å². The molecule has 0 spiro atoms. The van der Waals surface area contributed by atoms with Crippen LogP contribution in [0, 0.1) is 0 Å². The quantitative estimate of drug-likeness (QED) is 0.0400. The second kappa shape index (κ2) is 16.9. The van der Waals surface area contributed by atoms with E-state index in [0.717, 1.165) is 0 Å². The average Bonchev–Trinajstić information content (AvgIpc) is 2.77. The zero-order valence-electron chi connectivity index (χ0n) is 19.3. The molecule has 0 aliphatic heterocycles. The fourth-order valence-corrected chi connectivity index (χ4v) is 3.01. The van der Waals surface area contributed by atoms with E-state index in [-0.39, 0.29) is 31.1 Å². The van der Waals surface area contributed by atoms with Crippen LogP contribution in [0.5, 0.6) is 0 Å². The third-order valence-electron chi connectivity index (χ3n) is 4.78. The van der Waals surface area contributed by atoms with Crippen molar-refractivity contribution in [1.82, 2.24) is 16.0 Å². The molecule has 5 atom stereocenters. The molecule has 0 aromatic heterocycles. The number of aliphatic carboxylic acids is 1. The van der Waals surface area contributed by atoms with Gasteiger partial charge in [0.05, 0.1) is 6.10 Å². The average molecular weight is 507 g/mol. The molecule has 34 heavy (non-hydrogen) atoms. The van der Waals surface area contributed by atoms with Gasteiger partial charge in [-0.15, -0.1) is 0 Å². The van der Waals surface area contributed by atoms with E-state index in [4.69, 9.17) is 22.9 Å². The predicted octanol–water partition coefficient (Wildman–Crippen LogP) is -3.65. The van der Waals surface area contributed by atoms with E-state index in [9.17, 15) is 29.4 Å². The summed E-state index contributed by atoms with van der Waals surface area (Å²) in [5.74, 6) is -3.70. The first kappa shape index (κ1) is 31.4. The molecule has 0 heterocycles. The lowest BCUT2D eigenvalue weighted by Gasteiger charge is -2.25. The highest BCUT2D eigenvalue weighted by Gasteiger charge is 2.30. The third kappa shape index (κ3) is 12.6. The number of nitrogens with one attached hydrogen (secondary N) is 3. The minimum absolute atomic E-state index is 0.0556. The van der Waals surface area contributed by atoms with Crippen molar-refractivity contribution in [1.29, 1.82) is 0 Å². The van der Waals surface area contributed by atoms with E-state index < -0.39 is 54.0 Å². The molecule has 196 valence electrons. The van der Waals surface area contributed by atoms with Crippen molar-refractivity contribution in [3.63, 3.8) is 0 Å². The Bertz CT molecular complexity index is 704. The van der Waals surface area contributed by atoms with Crippen LogP contribution >= 0.6 is 12.6 Å². The fraction of sp³-hybridized carbons (Fsp3) is 0.737. The number of aliphatic hydroxyl groups is 1. The zero-order valence-corrected chi connectivity index (χ0v) is 20.2. The number of guanidine groups is 1. The smallest absolute Gasteiger partial charge is 0.326 e. The highest BCUT2D eigenvalue weighted by atomic mass is 32.1. The molecule has 0 aliphatic rings. The SMILES string of the molecule is C[C@@H](O)[C@H](N)C(=O)N[C@@H](CCCCN)C(=O)N[C@@H](CS)C(=O)N[C@@H](CCCN=C(N)N)C(=O)O. The number of aliphatic hydroxyl groups excluding tert-OH is 1. The van der Waals surface area contributed by atoms with E-state index >= 15 is 0 Å². The van der Waals surface area contributed by atoms with Gasteiger partial charge < -0.3 is 49.1 Å². The van der Waals surface area contributed by atoms with E-state index in [1.807, 2.05) is 0 Å². The molecule has 13 N–H and O–H groups in total. The van der Waals surface area contributed by atoms with Gasteiger partial charge in [-0.2, -0.15) is 12.6 Å². The van der Waals surface area contributed by atoms with Gasteiger partial charge in [0.1, 0.15) is 24.2 Å². The Morgan fingerprint density at radius 3 is 1.94 bits per heavy atom. The molecule has 0 radical (unpaired) electrons. The number of amides is 3. The first-order valence-electron chi connectivity index (χ1n) is 10.9. The van der Waals surface area contributed by atoms with Gasteiger partial charge >= 0.3 is 5.97 Å². The highest BCUT2D eigenvalue weighted by molar-refractivity contribution is 7.80. The van der Waals surface area contributed by atoms with Crippen LogP contribution in [0.15, 0.2) is 4.99 Å². The molecule has 0 aromatic rings. The van der Waals surface area contributed by atoms with Crippen LogP contribution < -0.4 is 38.9 Å². The largest absolute Gasteiger partial charge is 0.480 e. The van der Waals surface area contributed by atoms with Crippen LogP contribution in [0.2, 0.25) is 0 Å². The maximum atomic E-state index is 12.8. The molecule has 14 nitrogen and oxygen atoms in total. The van der Waals surface area contributed by atoms with Gasteiger partial charge in [0.2, 0.25) is 17.7 Å². The van der Waals surface area contributed by atoms with Crippen LogP contribution in [0.4, 0.5) is 0 Å². The topological polar surface area (TPSA) is 261 Å². The van der Waals surface area contributed by atoms with Gasteiger partial charge in [-0.3, -0.25) is 19.4 Å². The Hall–Kier alpha value is -2.62. The van der Waals surface area contributed by atoms with Crippen molar-refractivity contribution in [2.24, 2.45) is 27.9 Å². The molecule has 0 unspecified atom stereocenters. The Morgan fingerprint density at radius 2 is 1.44 bits per heavy atom. The summed E-state index contributed by atoms with van der Waals surface area (Å²) in [4.78, 5) is 52.9. The second-order valence-corrected chi connectivity index (χ2v) is 8.07. The summed E-state index contributed by atoms with van der Waals surface area (Å²) in [5.41, 5.74) is 21.5. The maximum Gasteiger partial charge on any atom is 0.326 e. The molecule has 0 saturated heterocycles. The van der Waals surface area contributed by atoms with Crippen LogP contribution in [0.25, 0.3) is 0 Å². The van der Waals surface area contributed by atoms with Crippen molar-refractivity contribution in [2.45, 2.75) is 69.3 Å². The molecule has 0 fully saturated rings. The second-order valence-electron chi connectivity index (χ2n) is 7.70. The standard InChI is InChI=1S/C19H38N8O6S/c1-10(28)14(21)17(31)25-11(5-2-3-7-20)15(29)27-13(9-34)16(30)26-12(18(32)33)6-4-8-24-19(22)23/h10-14,28,34H,2-9,20-21H2,1H3,(H,25,31)(H,26,30)(H,27,29)(H,32,33)(H4,22,23,24)/t10-,11+,12+,13+,14+/m1/s1. The zero-order chi connectivity index (χ0) is 26.3. The highest BCUT2D eigenvalue weighted by Crippen LogP contribution is 2.05. The van der Waals surface area contributed by atoms with Crippen LogP contribution in [-0.2, 0) is 19.2 Å². The predicted molar refractivity (Wildman–Crippen MR) is 130 cm³/mol. The first-order chi connectivity index (χ1) is 15.9. The lowest BCUT2D eigenvalue weighted by Crippen LogP contribution is -2.58. The summed E-state index contributed by atoms with van der Waals surface area (Å²) in [6.07, 6.45) is 0.534. The summed E-state index contributed by atoms with van der Waals surface area (Å²) in [6.45, 7) is 1.91. The molecule has 0 aliphatic carbocycles. The number of aliphatic imine (C=N–C) groups is 1. The number of carboxylic acid groups (broad SMARTS) is 1. The summed E-state index contributed by atoms with van der Waals surface area (Å²) in [5, 5.41) is 26.2. The van der Waals surface area contributed by atoms with Gasteiger partial charge in [-0.05, 0) is 45.6 Å². The van der Waals surface area contributed by atoms with Gasteiger partial charge in [-0.1, -0.05) is 0 Å². The number of hydrogen-bond donors (Lipinski definition) is 10. The number of unbranched alkanes of at least 4 members (excludes halogenated alkanes) is 1. The van der Waals surface area contributed by atoms with Crippen molar-refractivity contribution in [3.05, 3.63) is 0 Å². The van der Waals surface area contributed by atoms with Gasteiger partial charge in [0, 0.05) is 12.3 Å². The van der Waals surface area contributed by atoms with Crippen molar-refractivity contribution in [2.75, 3.05) is 18.8 Å². The number of carbonyl (C=O) groups is 4. The minimum Gasteiger partial charge on any atom is -0.480 e. The lowest BCUT2D eigenvalue weighted by molar-refractivity contribution is -0.142. The van der Waals surface area contributed by atoms with Gasteiger partial charge in [0.25, 0.3) is 0 Å². The van der Waals surface area contributed by atoms with Gasteiger partial charge in [0.15, 0.2) is 5.96 Å². The molecule has 0 saturated carbocycles. The summed E-state index contributed by atoms with van der Waals surface area (Å²) >= 11 is 4.07. The maximum absolute atomic E-state index is 12.8. The Morgan fingerprint density at radius 1 is 0.912 bits per heavy atom. The number of hydrogen-bond acceptors (Lipinski definition) is 9. The van der Waals surface area contributed by atoms with Gasteiger partial charge in [-0.25, -0.2) is 4.79 Å². The molecular formula is C19H38N8O6S. The summed E-state index contributed by atoms with van der Waals surface area (Å²) < 4.78 is 0. The van der Waals surface area contributed by atoms with Crippen molar-refractivity contribution in [3.8, 4) is 0 Å². The van der Waals surface area contributed by atoms with Crippen molar-refractivity contribution >= 4 is 42.3 Å². The summed E-state index contributed by atoms with van der Waals surface area (Å²) in [6, 6.07) is -4.70. The first-order valence-corrected chi connectivity index (χ1v) is 11.5. The Labute approximate surface area is 204 Å². The van der Waals surface area contributed by atoms with E-state index in [0.29, 0.717) is 25.8 Å². The van der Waals surface area contributed by atoms with Crippen LogP contribution in [-0.4, -0.2) is 89.0 Å². The molecule has 15 heteroatoms. The molecule has 3 amide bonds. The molecular weight excluding hydrogens is 468 g/mol. The number of nitrogens with zero attached hydrogens (tertiary/aromatic N) is 1. The fourth-order valence-electron chi connectivity index (χ4n) is 2.75. The summed E-state index contributed by atoms with van der Waals surface area (Å²) in [7, 11) is 0. The number of rotatable bonds is 17. The van der Waals surface area contributed by atoms with Crippen molar-refractivity contribution < 1.29 is 29.4 Å². The number of carboxylic acids is 1. The molecule has 0 bridgehead atoms. The normalized spacial score (nSPS) is 15.2.